The molecule has 2 N–H and O–H groups in total. The summed E-state index contributed by atoms with van der Waals surface area (Å²) in [6, 6.07) is 0.0892. The van der Waals surface area contributed by atoms with E-state index in [2.05, 4.69) is 6.92 Å². The predicted octanol–water partition coefficient (Wildman–Crippen LogP) is 0.592. The number of hydrogen-bond acceptors (Lipinski definition) is 2. The van der Waals surface area contributed by atoms with Gasteiger partial charge in [-0.15, -0.1) is 0 Å². The van der Waals surface area contributed by atoms with Gasteiger partial charge in [0.1, 0.15) is 0 Å². The first-order valence-corrected chi connectivity index (χ1v) is 5.24. The highest BCUT2D eigenvalue weighted by atomic mass is 16.2. The molecule has 3 atom stereocenters. The monoisotopic (exact) mass is 182 g/mol. The van der Waals surface area contributed by atoms with Crippen molar-refractivity contribution in [3.05, 3.63) is 0 Å². The predicted molar refractivity (Wildman–Crippen MR) is 51.1 cm³/mol. The van der Waals surface area contributed by atoms with Gasteiger partial charge in [-0.25, -0.2) is 0 Å². The molecule has 0 aromatic heterocycles. The molecule has 0 spiro atoms. The molecule has 3 nitrogen and oxygen atoms in total. The zero-order chi connectivity index (χ0) is 9.42. The van der Waals surface area contributed by atoms with Crippen molar-refractivity contribution in [3.63, 3.8) is 0 Å². The first kappa shape index (κ1) is 9.00. The van der Waals surface area contributed by atoms with E-state index in [1.807, 2.05) is 4.90 Å². The summed E-state index contributed by atoms with van der Waals surface area (Å²) in [7, 11) is 0. The standard InChI is InChI=1S/C10H18N2O/c1-2-7-3-8(7)5-12-6-9(11)4-10(12)13/h7-9H,2-6,11H2,1H3/t7-,8+,9?/m1/s1. The van der Waals surface area contributed by atoms with E-state index in [0.717, 1.165) is 24.9 Å². The smallest absolute Gasteiger partial charge is 0.224 e. The molecule has 1 saturated heterocycles. The van der Waals surface area contributed by atoms with Crippen LogP contribution in [-0.4, -0.2) is 29.9 Å². The maximum atomic E-state index is 11.4. The van der Waals surface area contributed by atoms with E-state index in [9.17, 15) is 4.79 Å². The van der Waals surface area contributed by atoms with Gasteiger partial charge in [0.15, 0.2) is 0 Å². The van der Waals surface area contributed by atoms with Crippen LogP contribution in [0, 0.1) is 11.8 Å². The Hall–Kier alpha value is -0.570. The second kappa shape index (κ2) is 3.29. The molecular formula is C10H18N2O. The molecule has 1 heterocycles. The van der Waals surface area contributed by atoms with Gasteiger partial charge in [-0.3, -0.25) is 4.79 Å². The van der Waals surface area contributed by atoms with Crippen LogP contribution in [-0.2, 0) is 4.79 Å². The lowest BCUT2D eigenvalue weighted by atomic mass is 10.2. The van der Waals surface area contributed by atoms with Crippen molar-refractivity contribution in [2.45, 2.75) is 32.2 Å². The van der Waals surface area contributed by atoms with Crippen molar-refractivity contribution in [1.82, 2.24) is 4.90 Å². The lowest BCUT2D eigenvalue weighted by molar-refractivity contribution is -0.127. The zero-order valence-corrected chi connectivity index (χ0v) is 8.20. The number of carbonyl (C=O) groups excluding carboxylic acids is 1. The highest BCUT2D eigenvalue weighted by molar-refractivity contribution is 5.79. The molecule has 1 amide bonds. The second-order valence-electron chi connectivity index (χ2n) is 4.43. The highest BCUT2D eigenvalue weighted by Gasteiger charge is 2.39. The molecule has 1 saturated carbocycles. The maximum absolute atomic E-state index is 11.4. The third kappa shape index (κ3) is 1.85. The summed E-state index contributed by atoms with van der Waals surface area (Å²) in [5.74, 6) is 1.91. The third-order valence-electron chi connectivity index (χ3n) is 3.29. The summed E-state index contributed by atoms with van der Waals surface area (Å²) in [6.45, 7) is 3.97. The van der Waals surface area contributed by atoms with Crippen LogP contribution in [0.1, 0.15) is 26.2 Å². The van der Waals surface area contributed by atoms with Gasteiger partial charge in [0.25, 0.3) is 0 Å². The minimum absolute atomic E-state index is 0.0892. The average Bonchev–Trinajstić information content (AvgIpc) is 2.74. The van der Waals surface area contributed by atoms with Gasteiger partial charge in [0, 0.05) is 25.6 Å². The van der Waals surface area contributed by atoms with E-state index in [4.69, 9.17) is 5.73 Å². The third-order valence-corrected chi connectivity index (χ3v) is 3.29. The van der Waals surface area contributed by atoms with E-state index in [0.29, 0.717) is 6.42 Å². The molecule has 0 radical (unpaired) electrons. The fraction of sp³-hybridized carbons (Fsp3) is 0.900. The van der Waals surface area contributed by atoms with E-state index in [-0.39, 0.29) is 11.9 Å². The van der Waals surface area contributed by atoms with Gasteiger partial charge in [0.2, 0.25) is 5.91 Å². The summed E-state index contributed by atoms with van der Waals surface area (Å²) in [5.41, 5.74) is 5.72. The highest BCUT2D eigenvalue weighted by Crippen LogP contribution is 2.41. The fourth-order valence-corrected chi connectivity index (χ4v) is 2.30. The van der Waals surface area contributed by atoms with Crippen molar-refractivity contribution in [1.29, 1.82) is 0 Å². The van der Waals surface area contributed by atoms with E-state index in [1.54, 1.807) is 0 Å². The quantitative estimate of drug-likeness (QED) is 0.694. The molecule has 2 aliphatic rings. The van der Waals surface area contributed by atoms with Gasteiger partial charge in [-0.05, 0) is 18.3 Å². The Bertz CT molecular complexity index is 217. The lowest BCUT2D eigenvalue weighted by Gasteiger charge is -2.15. The number of nitrogens with two attached hydrogens (primary N) is 1. The molecule has 0 bridgehead atoms. The van der Waals surface area contributed by atoms with Crippen molar-refractivity contribution < 1.29 is 4.79 Å². The molecule has 74 valence electrons. The molecule has 1 unspecified atom stereocenters. The maximum Gasteiger partial charge on any atom is 0.224 e. The summed E-state index contributed by atoms with van der Waals surface area (Å²) in [5, 5.41) is 0. The van der Waals surface area contributed by atoms with E-state index >= 15 is 0 Å². The van der Waals surface area contributed by atoms with Crippen LogP contribution in [0.3, 0.4) is 0 Å². The topological polar surface area (TPSA) is 46.3 Å². The first-order valence-electron chi connectivity index (χ1n) is 5.24. The van der Waals surface area contributed by atoms with Crippen LogP contribution in [0.2, 0.25) is 0 Å². The summed E-state index contributed by atoms with van der Waals surface area (Å²) in [6.07, 6.45) is 3.14. The molecule has 1 aliphatic carbocycles. The Kier molecular flexibility index (Phi) is 2.28. The Labute approximate surface area is 79.3 Å². The van der Waals surface area contributed by atoms with E-state index in [1.165, 1.54) is 12.8 Å². The van der Waals surface area contributed by atoms with Gasteiger partial charge in [-0.1, -0.05) is 13.3 Å². The Morgan fingerprint density at radius 1 is 1.54 bits per heavy atom. The number of hydrogen-bond donors (Lipinski definition) is 1. The minimum Gasteiger partial charge on any atom is -0.341 e. The lowest BCUT2D eigenvalue weighted by Crippen LogP contribution is -2.30. The molecule has 2 fully saturated rings. The molecule has 3 heteroatoms. The van der Waals surface area contributed by atoms with Gasteiger partial charge >= 0.3 is 0 Å². The molecule has 13 heavy (non-hydrogen) atoms. The Balaban J connectivity index is 1.79. The van der Waals surface area contributed by atoms with Crippen molar-refractivity contribution >= 4 is 5.91 Å². The number of nitrogens with zero attached hydrogens (tertiary/aromatic N) is 1. The van der Waals surface area contributed by atoms with Gasteiger partial charge < -0.3 is 10.6 Å². The molecule has 1 aliphatic heterocycles. The second-order valence-corrected chi connectivity index (χ2v) is 4.43. The number of amides is 1. The summed E-state index contributed by atoms with van der Waals surface area (Å²) in [4.78, 5) is 13.3. The summed E-state index contributed by atoms with van der Waals surface area (Å²) >= 11 is 0. The Morgan fingerprint density at radius 3 is 2.77 bits per heavy atom. The van der Waals surface area contributed by atoms with E-state index < -0.39 is 0 Å². The van der Waals surface area contributed by atoms with Crippen LogP contribution in [0.4, 0.5) is 0 Å². The normalized spacial score (nSPS) is 38.5. The molecule has 0 aromatic carbocycles. The number of likely N-dealkylation sites (tertiary alicyclic amines) is 1. The largest absolute Gasteiger partial charge is 0.341 e. The minimum atomic E-state index is 0.0892. The fourth-order valence-electron chi connectivity index (χ4n) is 2.30. The molecule has 0 aromatic rings. The Morgan fingerprint density at radius 2 is 2.31 bits per heavy atom. The van der Waals surface area contributed by atoms with Crippen LogP contribution < -0.4 is 5.73 Å². The van der Waals surface area contributed by atoms with Crippen LogP contribution in [0.5, 0.6) is 0 Å². The SMILES string of the molecule is CC[C@@H]1C[C@H]1CN1CC(N)CC1=O. The van der Waals surface area contributed by atoms with Crippen LogP contribution in [0.25, 0.3) is 0 Å². The summed E-state index contributed by atoms with van der Waals surface area (Å²) < 4.78 is 0. The molecular weight excluding hydrogens is 164 g/mol. The van der Waals surface area contributed by atoms with Crippen molar-refractivity contribution in [2.24, 2.45) is 17.6 Å². The first-order chi connectivity index (χ1) is 6.20. The zero-order valence-electron chi connectivity index (χ0n) is 8.20. The van der Waals surface area contributed by atoms with Crippen molar-refractivity contribution in [2.75, 3.05) is 13.1 Å². The van der Waals surface area contributed by atoms with Crippen LogP contribution in [0.15, 0.2) is 0 Å². The van der Waals surface area contributed by atoms with Crippen LogP contribution >= 0.6 is 0 Å². The number of carbonyl (C=O) groups is 1. The van der Waals surface area contributed by atoms with Crippen molar-refractivity contribution in [3.8, 4) is 0 Å². The molecule has 2 rings (SSSR count). The average molecular weight is 182 g/mol. The number of rotatable bonds is 3. The van der Waals surface area contributed by atoms with Gasteiger partial charge in [-0.2, -0.15) is 0 Å². The van der Waals surface area contributed by atoms with Gasteiger partial charge in [0.05, 0.1) is 0 Å².